The SMILES string of the molecule is CC(=O)CCN1C(=O)CC(SCCCCCCNC(=O)C2CCCCC2CO)C1=O. The first-order valence-electron chi connectivity index (χ1n) is 11.3. The van der Waals surface area contributed by atoms with Crippen molar-refractivity contribution in [2.24, 2.45) is 11.8 Å². The third-order valence-corrected chi connectivity index (χ3v) is 7.35. The van der Waals surface area contributed by atoms with Crippen molar-refractivity contribution in [3.05, 3.63) is 0 Å². The molecule has 0 spiro atoms. The van der Waals surface area contributed by atoms with Gasteiger partial charge in [-0.05, 0) is 44.3 Å². The molecule has 2 rings (SSSR count). The molecular weight excluding hydrogens is 404 g/mol. The molecule has 3 unspecified atom stereocenters. The van der Waals surface area contributed by atoms with Crippen molar-refractivity contribution < 1.29 is 24.3 Å². The highest BCUT2D eigenvalue weighted by Crippen LogP contribution is 2.30. The zero-order chi connectivity index (χ0) is 21.9. The first kappa shape index (κ1) is 24.9. The number of hydrogen-bond donors (Lipinski definition) is 2. The number of thioether (sulfide) groups is 1. The number of Topliss-reactive ketones (excluding diaryl/α,β-unsaturated/α-hetero) is 1. The van der Waals surface area contributed by atoms with Gasteiger partial charge in [0.25, 0.3) is 0 Å². The lowest BCUT2D eigenvalue weighted by atomic mass is 9.79. The molecule has 2 fully saturated rings. The lowest BCUT2D eigenvalue weighted by Gasteiger charge is -2.29. The molecular formula is C22H36N2O5S. The molecule has 0 radical (unpaired) electrons. The van der Waals surface area contributed by atoms with Gasteiger partial charge in [-0.2, -0.15) is 0 Å². The summed E-state index contributed by atoms with van der Waals surface area (Å²) in [6, 6.07) is 0. The van der Waals surface area contributed by atoms with Crippen LogP contribution in [0.25, 0.3) is 0 Å². The number of likely N-dealkylation sites (tertiary alicyclic amines) is 1. The normalized spacial score (nSPS) is 24.3. The Labute approximate surface area is 183 Å². The zero-order valence-corrected chi connectivity index (χ0v) is 18.9. The van der Waals surface area contributed by atoms with Crippen molar-refractivity contribution in [1.29, 1.82) is 0 Å². The molecule has 1 aliphatic carbocycles. The predicted octanol–water partition coefficient (Wildman–Crippen LogP) is 2.30. The van der Waals surface area contributed by atoms with Gasteiger partial charge in [-0.1, -0.05) is 25.7 Å². The van der Waals surface area contributed by atoms with Crippen LogP contribution >= 0.6 is 11.8 Å². The molecule has 1 heterocycles. The summed E-state index contributed by atoms with van der Waals surface area (Å²) < 4.78 is 0. The number of carbonyl (C=O) groups is 4. The largest absolute Gasteiger partial charge is 0.396 e. The highest BCUT2D eigenvalue weighted by molar-refractivity contribution is 8.00. The predicted molar refractivity (Wildman–Crippen MR) is 117 cm³/mol. The lowest BCUT2D eigenvalue weighted by molar-refractivity contribution is -0.138. The number of nitrogens with one attached hydrogen (secondary N) is 1. The van der Waals surface area contributed by atoms with E-state index in [1.54, 1.807) is 0 Å². The molecule has 3 atom stereocenters. The molecule has 30 heavy (non-hydrogen) atoms. The van der Waals surface area contributed by atoms with Crippen molar-refractivity contribution in [3.8, 4) is 0 Å². The molecule has 7 nitrogen and oxygen atoms in total. The van der Waals surface area contributed by atoms with E-state index in [4.69, 9.17) is 0 Å². The Kier molecular flexibility index (Phi) is 10.9. The molecule has 0 aromatic carbocycles. The van der Waals surface area contributed by atoms with E-state index >= 15 is 0 Å². The van der Waals surface area contributed by atoms with Crippen LogP contribution in [0.2, 0.25) is 0 Å². The van der Waals surface area contributed by atoms with Gasteiger partial charge in [-0.15, -0.1) is 11.8 Å². The Bertz CT molecular complexity index is 612. The van der Waals surface area contributed by atoms with Crippen LogP contribution in [0.4, 0.5) is 0 Å². The van der Waals surface area contributed by atoms with E-state index in [2.05, 4.69) is 5.32 Å². The average Bonchev–Trinajstić information content (AvgIpc) is 3.00. The van der Waals surface area contributed by atoms with E-state index in [0.717, 1.165) is 57.1 Å². The molecule has 0 aromatic rings. The highest BCUT2D eigenvalue weighted by atomic mass is 32.2. The number of carbonyl (C=O) groups excluding carboxylic acids is 4. The fraction of sp³-hybridized carbons (Fsp3) is 0.818. The minimum Gasteiger partial charge on any atom is -0.396 e. The summed E-state index contributed by atoms with van der Waals surface area (Å²) in [7, 11) is 0. The van der Waals surface area contributed by atoms with E-state index in [0.29, 0.717) is 6.54 Å². The number of hydrogen-bond acceptors (Lipinski definition) is 6. The van der Waals surface area contributed by atoms with E-state index < -0.39 is 0 Å². The first-order valence-corrected chi connectivity index (χ1v) is 12.3. The summed E-state index contributed by atoms with van der Waals surface area (Å²) in [5.41, 5.74) is 0. The van der Waals surface area contributed by atoms with Gasteiger partial charge in [-0.3, -0.25) is 24.1 Å². The second kappa shape index (κ2) is 13.1. The van der Waals surface area contributed by atoms with E-state index in [1.807, 2.05) is 0 Å². The van der Waals surface area contributed by atoms with Crippen LogP contribution in [0, 0.1) is 11.8 Å². The Morgan fingerprint density at radius 1 is 1.13 bits per heavy atom. The van der Waals surface area contributed by atoms with Crippen LogP contribution in [-0.4, -0.2) is 64.2 Å². The molecule has 2 N–H and O–H groups in total. The van der Waals surface area contributed by atoms with Crippen molar-refractivity contribution in [2.45, 2.75) is 76.4 Å². The summed E-state index contributed by atoms with van der Waals surface area (Å²) in [6.07, 6.45) is 8.38. The quantitative estimate of drug-likeness (QED) is 0.336. The van der Waals surface area contributed by atoms with Crippen molar-refractivity contribution in [3.63, 3.8) is 0 Å². The van der Waals surface area contributed by atoms with Gasteiger partial charge >= 0.3 is 0 Å². The average molecular weight is 441 g/mol. The second-order valence-electron chi connectivity index (χ2n) is 8.44. The fourth-order valence-electron chi connectivity index (χ4n) is 4.21. The molecule has 1 saturated heterocycles. The number of ketones is 1. The molecule has 170 valence electrons. The zero-order valence-electron chi connectivity index (χ0n) is 18.1. The van der Waals surface area contributed by atoms with Crippen LogP contribution in [0.15, 0.2) is 0 Å². The van der Waals surface area contributed by atoms with Gasteiger partial charge in [0.15, 0.2) is 0 Å². The van der Waals surface area contributed by atoms with Crippen molar-refractivity contribution in [1.82, 2.24) is 10.2 Å². The molecule has 8 heteroatoms. The standard InChI is InChI=1S/C22H36N2O5S/c1-16(26)10-12-24-20(27)14-19(22(24)29)30-13-7-3-2-6-11-23-21(28)18-9-5-4-8-17(18)15-25/h17-19,25H,2-15H2,1H3,(H,23,28). The number of amides is 3. The molecule has 0 bridgehead atoms. The molecule has 1 saturated carbocycles. The van der Waals surface area contributed by atoms with E-state index in [1.165, 1.54) is 23.6 Å². The molecule has 1 aliphatic heterocycles. The number of nitrogens with zero attached hydrogens (tertiary/aromatic N) is 1. The monoisotopic (exact) mass is 440 g/mol. The second-order valence-corrected chi connectivity index (χ2v) is 9.75. The fourth-order valence-corrected chi connectivity index (χ4v) is 5.39. The van der Waals surface area contributed by atoms with Gasteiger partial charge in [0, 0.05) is 38.5 Å². The summed E-state index contributed by atoms with van der Waals surface area (Å²) in [4.78, 5) is 48.9. The maximum absolute atomic E-state index is 12.3. The minimum absolute atomic E-state index is 0.0187. The highest BCUT2D eigenvalue weighted by Gasteiger charge is 2.38. The molecule has 2 aliphatic rings. The summed E-state index contributed by atoms with van der Waals surface area (Å²) >= 11 is 1.53. The third kappa shape index (κ3) is 7.69. The maximum atomic E-state index is 12.3. The van der Waals surface area contributed by atoms with Crippen LogP contribution in [0.3, 0.4) is 0 Å². The van der Waals surface area contributed by atoms with Gasteiger partial charge in [0.2, 0.25) is 17.7 Å². The van der Waals surface area contributed by atoms with Crippen LogP contribution in [0.5, 0.6) is 0 Å². The lowest BCUT2D eigenvalue weighted by Crippen LogP contribution is -2.38. The van der Waals surface area contributed by atoms with Gasteiger partial charge in [0.1, 0.15) is 5.78 Å². The number of unbranched alkanes of at least 4 members (excludes halogenated alkanes) is 3. The molecule has 3 amide bonds. The van der Waals surface area contributed by atoms with Gasteiger partial charge < -0.3 is 10.4 Å². The van der Waals surface area contributed by atoms with E-state index in [9.17, 15) is 24.3 Å². The third-order valence-electron chi connectivity index (χ3n) is 6.06. The molecule has 0 aromatic heterocycles. The summed E-state index contributed by atoms with van der Waals surface area (Å²) in [5, 5.41) is 12.2. The Morgan fingerprint density at radius 2 is 1.87 bits per heavy atom. The van der Waals surface area contributed by atoms with Crippen molar-refractivity contribution in [2.75, 3.05) is 25.4 Å². The first-order chi connectivity index (χ1) is 14.4. The number of aliphatic hydroxyl groups is 1. The van der Waals surface area contributed by atoms with Crippen LogP contribution < -0.4 is 5.32 Å². The smallest absolute Gasteiger partial charge is 0.242 e. The van der Waals surface area contributed by atoms with Gasteiger partial charge in [0.05, 0.1) is 5.25 Å². The van der Waals surface area contributed by atoms with Crippen molar-refractivity contribution >= 4 is 35.3 Å². The van der Waals surface area contributed by atoms with E-state index in [-0.39, 0.29) is 66.6 Å². The minimum atomic E-state index is -0.307. The number of aliphatic hydroxyl groups excluding tert-OH is 1. The van der Waals surface area contributed by atoms with Gasteiger partial charge in [-0.25, -0.2) is 0 Å². The number of imide groups is 1. The Hall–Kier alpha value is -1.41. The topological polar surface area (TPSA) is 104 Å². The Balaban J connectivity index is 1.52. The summed E-state index contributed by atoms with van der Waals surface area (Å²) in [6.45, 7) is 2.43. The van der Waals surface area contributed by atoms with Crippen LogP contribution in [-0.2, 0) is 19.2 Å². The van der Waals surface area contributed by atoms with Crippen LogP contribution in [0.1, 0.15) is 71.1 Å². The maximum Gasteiger partial charge on any atom is 0.242 e. The number of rotatable bonds is 13. The Morgan fingerprint density at radius 3 is 2.60 bits per heavy atom. The summed E-state index contributed by atoms with van der Waals surface area (Å²) in [5.74, 6) is 0.643.